The van der Waals surface area contributed by atoms with Crippen LogP contribution in [0.25, 0.3) is 0 Å². The average Bonchev–Trinajstić information content (AvgIpc) is 2.49. The molecule has 0 aliphatic carbocycles. The van der Waals surface area contributed by atoms with Gasteiger partial charge in [0, 0.05) is 12.3 Å². The van der Waals surface area contributed by atoms with E-state index in [-0.39, 0.29) is 11.8 Å². The zero-order valence-corrected chi connectivity index (χ0v) is 9.17. The van der Waals surface area contributed by atoms with E-state index in [9.17, 15) is 8.42 Å². The van der Waals surface area contributed by atoms with Gasteiger partial charge in [-0.15, -0.1) is 0 Å². The van der Waals surface area contributed by atoms with E-state index in [1.54, 1.807) is 12.3 Å². The van der Waals surface area contributed by atoms with Crippen molar-refractivity contribution in [2.75, 3.05) is 12.0 Å². The summed E-state index contributed by atoms with van der Waals surface area (Å²) in [5.41, 5.74) is 0. The highest BCUT2D eigenvalue weighted by Gasteiger charge is 2.09. The molecule has 1 atom stereocenters. The van der Waals surface area contributed by atoms with Crippen LogP contribution in [0.4, 0.5) is 0 Å². The van der Waals surface area contributed by atoms with E-state index in [1.807, 2.05) is 13.0 Å². The van der Waals surface area contributed by atoms with Crippen molar-refractivity contribution in [3.8, 4) is 0 Å². The molecule has 80 valence electrons. The molecule has 0 radical (unpaired) electrons. The minimum Gasteiger partial charge on any atom is -0.468 e. The van der Waals surface area contributed by atoms with Gasteiger partial charge in [0.25, 0.3) is 0 Å². The Bertz CT molecular complexity index is 355. The zero-order chi connectivity index (χ0) is 10.6. The summed E-state index contributed by atoms with van der Waals surface area (Å²) in [7, 11) is -2.91. The zero-order valence-electron chi connectivity index (χ0n) is 8.36. The first kappa shape index (κ1) is 11.3. The van der Waals surface area contributed by atoms with E-state index in [1.165, 1.54) is 6.26 Å². The van der Waals surface area contributed by atoms with E-state index in [4.69, 9.17) is 4.42 Å². The van der Waals surface area contributed by atoms with Gasteiger partial charge in [-0.3, -0.25) is 0 Å². The molecule has 0 aliphatic rings. The summed E-state index contributed by atoms with van der Waals surface area (Å²) < 4.78 is 27.0. The summed E-state index contributed by atoms with van der Waals surface area (Å²) in [5.74, 6) is 0.957. The van der Waals surface area contributed by atoms with E-state index < -0.39 is 9.84 Å². The number of hydrogen-bond acceptors (Lipinski definition) is 4. The third-order valence-electron chi connectivity index (χ3n) is 1.76. The molecule has 0 saturated heterocycles. The van der Waals surface area contributed by atoms with Gasteiger partial charge in [0.15, 0.2) is 0 Å². The van der Waals surface area contributed by atoms with Gasteiger partial charge in [-0.1, -0.05) is 0 Å². The highest BCUT2D eigenvalue weighted by Crippen LogP contribution is 2.00. The lowest BCUT2D eigenvalue weighted by atomic mass is 10.3. The number of sulfone groups is 1. The number of nitrogens with one attached hydrogen (secondary N) is 1. The Morgan fingerprint density at radius 1 is 1.57 bits per heavy atom. The molecular weight excluding hydrogens is 202 g/mol. The lowest BCUT2D eigenvalue weighted by Gasteiger charge is -2.10. The van der Waals surface area contributed by atoms with Crippen LogP contribution in [-0.2, 0) is 16.4 Å². The van der Waals surface area contributed by atoms with Crippen LogP contribution >= 0.6 is 0 Å². The molecule has 0 bridgehead atoms. The Hall–Kier alpha value is -0.810. The number of rotatable bonds is 5. The van der Waals surface area contributed by atoms with Crippen LogP contribution in [0.15, 0.2) is 22.8 Å². The summed E-state index contributed by atoms with van der Waals surface area (Å²) in [5, 5.41) is 3.07. The molecule has 1 unspecified atom stereocenters. The third kappa shape index (κ3) is 4.43. The van der Waals surface area contributed by atoms with Gasteiger partial charge in [0.2, 0.25) is 0 Å². The van der Waals surface area contributed by atoms with E-state index in [2.05, 4.69) is 5.32 Å². The van der Waals surface area contributed by atoms with Crippen LogP contribution in [0.5, 0.6) is 0 Å². The Morgan fingerprint density at radius 3 is 2.79 bits per heavy atom. The van der Waals surface area contributed by atoms with Gasteiger partial charge in [0.05, 0.1) is 18.6 Å². The summed E-state index contributed by atoms with van der Waals surface area (Å²) in [4.78, 5) is 0. The van der Waals surface area contributed by atoms with Gasteiger partial charge in [-0.05, 0) is 19.1 Å². The molecule has 1 N–H and O–H groups in total. The molecule has 0 aromatic carbocycles. The minimum atomic E-state index is -2.91. The first-order valence-electron chi connectivity index (χ1n) is 4.41. The SMILES string of the molecule is CC(CS(C)(=O)=O)NCc1ccco1. The number of furan rings is 1. The highest BCUT2D eigenvalue weighted by atomic mass is 32.2. The van der Waals surface area contributed by atoms with Crippen molar-refractivity contribution in [1.82, 2.24) is 5.32 Å². The minimum absolute atomic E-state index is 0.0601. The fraction of sp³-hybridized carbons (Fsp3) is 0.556. The third-order valence-corrected chi connectivity index (χ3v) is 2.86. The molecule has 1 aromatic heterocycles. The summed E-state index contributed by atoms with van der Waals surface area (Å²) in [6.07, 6.45) is 2.83. The van der Waals surface area contributed by atoms with Crippen molar-refractivity contribution in [2.24, 2.45) is 0 Å². The lowest BCUT2D eigenvalue weighted by Crippen LogP contribution is -2.32. The van der Waals surface area contributed by atoms with Gasteiger partial charge in [0.1, 0.15) is 15.6 Å². The predicted molar refractivity (Wildman–Crippen MR) is 54.7 cm³/mol. The Morgan fingerprint density at radius 2 is 2.29 bits per heavy atom. The topological polar surface area (TPSA) is 59.3 Å². The van der Waals surface area contributed by atoms with Crippen LogP contribution in [0.1, 0.15) is 12.7 Å². The summed E-state index contributed by atoms with van der Waals surface area (Å²) >= 11 is 0. The second-order valence-electron chi connectivity index (χ2n) is 3.45. The van der Waals surface area contributed by atoms with Gasteiger partial charge in [-0.2, -0.15) is 0 Å². The first-order chi connectivity index (χ1) is 6.47. The highest BCUT2D eigenvalue weighted by molar-refractivity contribution is 7.90. The standard InChI is InChI=1S/C9H15NO3S/c1-8(7-14(2,11)12)10-6-9-4-3-5-13-9/h3-5,8,10H,6-7H2,1-2H3. The predicted octanol–water partition coefficient (Wildman–Crippen LogP) is 0.802. The van der Waals surface area contributed by atoms with Crippen LogP contribution < -0.4 is 5.32 Å². The Balaban J connectivity index is 2.32. The molecule has 0 aliphatic heterocycles. The molecule has 0 saturated carbocycles. The van der Waals surface area contributed by atoms with Crippen molar-refractivity contribution in [2.45, 2.75) is 19.5 Å². The summed E-state index contributed by atoms with van der Waals surface area (Å²) in [6.45, 7) is 2.40. The monoisotopic (exact) mass is 217 g/mol. The molecule has 0 fully saturated rings. The van der Waals surface area contributed by atoms with Crippen LogP contribution in [0.2, 0.25) is 0 Å². The van der Waals surface area contributed by atoms with Gasteiger partial charge < -0.3 is 9.73 Å². The van der Waals surface area contributed by atoms with Gasteiger partial charge >= 0.3 is 0 Å². The molecule has 14 heavy (non-hydrogen) atoms. The fourth-order valence-electron chi connectivity index (χ4n) is 1.20. The van der Waals surface area contributed by atoms with E-state index in [0.717, 1.165) is 5.76 Å². The molecule has 0 spiro atoms. The normalized spacial score (nSPS) is 14.1. The van der Waals surface area contributed by atoms with Crippen molar-refractivity contribution in [1.29, 1.82) is 0 Å². The van der Waals surface area contributed by atoms with Crippen molar-refractivity contribution in [3.05, 3.63) is 24.2 Å². The van der Waals surface area contributed by atoms with Crippen LogP contribution in [-0.4, -0.2) is 26.5 Å². The molecular formula is C9H15NO3S. The first-order valence-corrected chi connectivity index (χ1v) is 6.47. The van der Waals surface area contributed by atoms with Crippen molar-refractivity contribution < 1.29 is 12.8 Å². The maximum atomic E-state index is 10.9. The molecule has 1 heterocycles. The maximum Gasteiger partial charge on any atom is 0.148 e. The maximum absolute atomic E-state index is 10.9. The van der Waals surface area contributed by atoms with E-state index in [0.29, 0.717) is 6.54 Å². The van der Waals surface area contributed by atoms with Crippen LogP contribution in [0.3, 0.4) is 0 Å². The molecule has 4 nitrogen and oxygen atoms in total. The second kappa shape index (κ2) is 4.61. The van der Waals surface area contributed by atoms with Crippen molar-refractivity contribution in [3.63, 3.8) is 0 Å². The Labute approximate surface area is 84.2 Å². The number of hydrogen-bond donors (Lipinski definition) is 1. The molecule has 1 aromatic rings. The smallest absolute Gasteiger partial charge is 0.148 e. The molecule has 1 rings (SSSR count). The van der Waals surface area contributed by atoms with Crippen molar-refractivity contribution >= 4 is 9.84 Å². The average molecular weight is 217 g/mol. The van der Waals surface area contributed by atoms with Crippen LogP contribution in [0, 0.1) is 0 Å². The Kier molecular flexibility index (Phi) is 3.71. The molecule has 0 amide bonds. The fourth-order valence-corrected chi connectivity index (χ4v) is 2.23. The molecule has 5 heteroatoms. The largest absolute Gasteiger partial charge is 0.468 e. The summed E-state index contributed by atoms with van der Waals surface area (Å²) in [6, 6.07) is 3.59. The second-order valence-corrected chi connectivity index (χ2v) is 5.64. The quantitative estimate of drug-likeness (QED) is 0.792. The lowest BCUT2D eigenvalue weighted by molar-refractivity contribution is 0.464. The van der Waals surface area contributed by atoms with E-state index >= 15 is 0 Å². The van der Waals surface area contributed by atoms with Gasteiger partial charge in [-0.25, -0.2) is 8.42 Å².